The van der Waals surface area contributed by atoms with E-state index in [1.165, 1.54) is 6.08 Å². The second-order valence-corrected chi connectivity index (χ2v) is 5.16. The Labute approximate surface area is 115 Å². The molecule has 0 aromatic heterocycles. The summed E-state index contributed by atoms with van der Waals surface area (Å²) < 4.78 is 42.8. The van der Waals surface area contributed by atoms with Gasteiger partial charge in [-0.1, -0.05) is 32.9 Å². The molecule has 0 unspecified atom stereocenters. The van der Waals surface area contributed by atoms with E-state index in [1.807, 2.05) is 0 Å². The van der Waals surface area contributed by atoms with Crippen LogP contribution in [0.4, 0.5) is 13.2 Å². The molecule has 7 heteroatoms. The summed E-state index contributed by atoms with van der Waals surface area (Å²) in [6.45, 7) is 5.14. The number of halogens is 3. The lowest BCUT2D eigenvalue weighted by atomic mass is 9.85. The number of alkyl halides is 3. The Bertz CT molecular complexity index is 418. The monoisotopic (exact) mass is 293 g/mol. The number of carbonyl (C=O) groups excluding carboxylic acids is 2. The molecule has 1 amide bonds. The minimum atomic E-state index is -5.02. The second-order valence-electron chi connectivity index (χ2n) is 5.16. The standard InChI is InChI=1S/C13H18F3NO3/c1-7(2)10-8(3)5-6-9(11(18)20-4)17(10)12(19)13(14,15)16/h5-10H,1-4H3/t8-,9-,10+/m0/s1. The van der Waals surface area contributed by atoms with Gasteiger partial charge in [-0.05, 0) is 11.8 Å². The highest BCUT2D eigenvalue weighted by Crippen LogP contribution is 2.32. The minimum Gasteiger partial charge on any atom is -0.467 e. The zero-order chi connectivity index (χ0) is 15.7. The predicted octanol–water partition coefficient (Wildman–Crippen LogP) is 2.15. The van der Waals surface area contributed by atoms with Gasteiger partial charge in [0.25, 0.3) is 0 Å². The lowest BCUT2D eigenvalue weighted by molar-refractivity contribution is -0.194. The van der Waals surface area contributed by atoms with Crippen LogP contribution in [0.2, 0.25) is 0 Å². The van der Waals surface area contributed by atoms with Crippen molar-refractivity contribution in [2.24, 2.45) is 11.8 Å². The first-order valence-electron chi connectivity index (χ1n) is 6.26. The minimum absolute atomic E-state index is 0.228. The second kappa shape index (κ2) is 5.85. The lowest BCUT2D eigenvalue weighted by Gasteiger charge is -2.43. The fourth-order valence-corrected chi connectivity index (χ4v) is 2.58. The fourth-order valence-electron chi connectivity index (χ4n) is 2.58. The highest BCUT2D eigenvalue weighted by atomic mass is 19.4. The number of hydrogen-bond acceptors (Lipinski definition) is 3. The first-order chi connectivity index (χ1) is 9.11. The summed E-state index contributed by atoms with van der Waals surface area (Å²) in [5, 5.41) is 0. The van der Waals surface area contributed by atoms with Crippen LogP contribution in [0.1, 0.15) is 20.8 Å². The van der Waals surface area contributed by atoms with Crippen molar-refractivity contribution in [3.05, 3.63) is 12.2 Å². The molecule has 114 valence electrons. The molecule has 1 aliphatic heterocycles. The van der Waals surface area contributed by atoms with Gasteiger partial charge in [0.05, 0.1) is 7.11 Å². The number of carbonyl (C=O) groups is 2. The maximum Gasteiger partial charge on any atom is 0.471 e. The number of hydrogen-bond donors (Lipinski definition) is 0. The summed E-state index contributed by atoms with van der Waals surface area (Å²) in [5.74, 6) is -3.39. The van der Waals surface area contributed by atoms with Gasteiger partial charge in [-0.2, -0.15) is 13.2 Å². The van der Waals surface area contributed by atoms with Crippen molar-refractivity contribution >= 4 is 11.9 Å². The molecule has 20 heavy (non-hydrogen) atoms. The van der Waals surface area contributed by atoms with Crippen molar-refractivity contribution in [2.75, 3.05) is 7.11 Å². The van der Waals surface area contributed by atoms with E-state index in [0.717, 1.165) is 7.11 Å². The van der Waals surface area contributed by atoms with Gasteiger partial charge in [0.1, 0.15) is 6.04 Å². The van der Waals surface area contributed by atoms with Gasteiger partial charge < -0.3 is 9.64 Å². The Morgan fingerprint density at radius 2 is 1.80 bits per heavy atom. The third-order valence-corrected chi connectivity index (χ3v) is 3.36. The Kier molecular flexibility index (Phi) is 4.83. The van der Waals surface area contributed by atoms with Gasteiger partial charge in [0, 0.05) is 6.04 Å². The number of ether oxygens (including phenoxy) is 1. The van der Waals surface area contributed by atoms with Gasteiger partial charge >= 0.3 is 18.1 Å². The molecule has 0 saturated carbocycles. The largest absolute Gasteiger partial charge is 0.471 e. The maximum atomic E-state index is 12.8. The number of methoxy groups -OCH3 is 1. The summed E-state index contributed by atoms with van der Waals surface area (Å²) in [6, 6.07) is -2.05. The van der Waals surface area contributed by atoms with Gasteiger partial charge in [-0.15, -0.1) is 0 Å². The molecule has 1 aliphatic rings. The topological polar surface area (TPSA) is 46.6 Å². The van der Waals surface area contributed by atoms with Gasteiger partial charge in [-0.3, -0.25) is 4.79 Å². The molecule has 0 aliphatic carbocycles. The summed E-state index contributed by atoms with van der Waals surface area (Å²) in [6.07, 6.45) is -2.09. The molecule has 0 bridgehead atoms. The maximum absolute atomic E-state index is 12.8. The van der Waals surface area contributed by atoms with E-state index in [0.29, 0.717) is 4.90 Å². The third kappa shape index (κ3) is 3.13. The fraction of sp³-hybridized carbons (Fsp3) is 0.692. The number of esters is 1. The molecular formula is C13H18F3NO3. The summed E-state index contributed by atoms with van der Waals surface area (Å²) in [7, 11) is 1.08. The summed E-state index contributed by atoms with van der Waals surface area (Å²) >= 11 is 0. The highest BCUT2D eigenvalue weighted by Gasteiger charge is 2.50. The average Bonchev–Trinajstić information content (AvgIpc) is 2.34. The van der Waals surface area contributed by atoms with Crippen molar-refractivity contribution in [2.45, 2.75) is 39.0 Å². The van der Waals surface area contributed by atoms with E-state index in [-0.39, 0.29) is 11.8 Å². The van der Waals surface area contributed by atoms with Crippen molar-refractivity contribution in [1.82, 2.24) is 4.90 Å². The molecule has 0 saturated heterocycles. The summed E-state index contributed by atoms with van der Waals surface area (Å²) in [5.41, 5.74) is 0. The quantitative estimate of drug-likeness (QED) is 0.579. The van der Waals surface area contributed by atoms with Crippen molar-refractivity contribution in [3.8, 4) is 0 Å². The SMILES string of the molecule is COC(=O)[C@@H]1C=C[C@H](C)[C@@H](C(C)C)N1C(=O)C(F)(F)F. The molecule has 1 rings (SSSR count). The van der Waals surface area contributed by atoms with Crippen molar-refractivity contribution in [3.63, 3.8) is 0 Å². The van der Waals surface area contributed by atoms with Crippen LogP contribution >= 0.6 is 0 Å². The van der Waals surface area contributed by atoms with Crippen molar-refractivity contribution < 1.29 is 27.5 Å². The van der Waals surface area contributed by atoms with Crippen LogP contribution in [-0.4, -0.2) is 42.1 Å². The van der Waals surface area contributed by atoms with Crippen LogP contribution in [0.3, 0.4) is 0 Å². The van der Waals surface area contributed by atoms with Gasteiger partial charge in [0.15, 0.2) is 0 Å². The molecule has 0 radical (unpaired) electrons. The van der Waals surface area contributed by atoms with Gasteiger partial charge in [-0.25, -0.2) is 4.79 Å². The average molecular weight is 293 g/mol. The molecule has 0 fully saturated rings. The highest BCUT2D eigenvalue weighted by molar-refractivity contribution is 5.89. The number of rotatable bonds is 2. The predicted molar refractivity (Wildman–Crippen MR) is 65.6 cm³/mol. The smallest absolute Gasteiger partial charge is 0.467 e. The number of nitrogens with zero attached hydrogens (tertiary/aromatic N) is 1. The molecule has 0 aromatic carbocycles. The molecule has 1 heterocycles. The van der Waals surface area contributed by atoms with E-state index in [9.17, 15) is 22.8 Å². The Morgan fingerprint density at radius 1 is 1.25 bits per heavy atom. The normalized spacial score (nSPS) is 26.8. The lowest BCUT2D eigenvalue weighted by Crippen LogP contribution is -2.59. The molecule has 0 aromatic rings. The third-order valence-electron chi connectivity index (χ3n) is 3.36. The molecule has 4 nitrogen and oxygen atoms in total. The molecular weight excluding hydrogens is 275 g/mol. The van der Waals surface area contributed by atoms with Crippen molar-refractivity contribution in [1.29, 1.82) is 0 Å². The first kappa shape index (κ1) is 16.5. The summed E-state index contributed by atoms with van der Waals surface area (Å²) in [4.78, 5) is 23.9. The zero-order valence-electron chi connectivity index (χ0n) is 11.8. The van der Waals surface area contributed by atoms with Crippen LogP contribution in [-0.2, 0) is 14.3 Å². The molecule has 0 spiro atoms. The molecule has 3 atom stereocenters. The van der Waals surface area contributed by atoms with Crippen LogP contribution in [0.25, 0.3) is 0 Å². The van der Waals surface area contributed by atoms with E-state index < -0.39 is 30.1 Å². The zero-order valence-corrected chi connectivity index (χ0v) is 11.8. The van der Waals surface area contributed by atoms with E-state index in [2.05, 4.69) is 4.74 Å². The Hall–Kier alpha value is -1.53. The van der Waals surface area contributed by atoms with E-state index >= 15 is 0 Å². The van der Waals surface area contributed by atoms with Crippen LogP contribution in [0.15, 0.2) is 12.2 Å². The first-order valence-corrected chi connectivity index (χ1v) is 6.26. The molecule has 0 N–H and O–H groups in total. The van der Waals surface area contributed by atoms with Gasteiger partial charge in [0.2, 0.25) is 0 Å². The van der Waals surface area contributed by atoms with Crippen LogP contribution in [0.5, 0.6) is 0 Å². The van der Waals surface area contributed by atoms with E-state index in [4.69, 9.17) is 0 Å². The van der Waals surface area contributed by atoms with E-state index in [1.54, 1.807) is 26.8 Å². The van der Waals surface area contributed by atoms with Crippen LogP contribution in [0, 0.1) is 11.8 Å². The Morgan fingerprint density at radius 3 is 2.20 bits per heavy atom. The Balaban J connectivity index is 3.27. The number of amides is 1. The van der Waals surface area contributed by atoms with Crippen LogP contribution < -0.4 is 0 Å².